The minimum absolute atomic E-state index is 0.0581. The highest BCUT2D eigenvalue weighted by Crippen LogP contribution is 2.40. The Morgan fingerprint density at radius 1 is 1.35 bits per heavy atom. The Labute approximate surface area is 117 Å². The van der Waals surface area contributed by atoms with Crippen molar-refractivity contribution in [1.29, 1.82) is 0 Å². The number of para-hydroxylation sites is 1. The van der Waals surface area contributed by atoms with Crippen LogP contribution in [0, 0.1) is 0 Å². The quantitative estimate of drug-likeness (QED) is 0.885. The Morgan fingerprint density at radius 2 is 2.05 bits per heavy atom. The zero-order valence-corrected chi connectivity index (χ0v) is 11.1. The highest BCUT2D eigenvalue weighted by molar-refractivity contribution is 8.00. The van der Waals surface area contributed by atoms with Gasteiger partial charge in [0.1, 0.15) is 0 Å². The molecule has 0 spiro atoms. The van der Waals surface area contributed by atoms with Crippen molar-refractivity contribution < 1.29 is 18.0 Å². The molecule has 20 heavy (non-hydrogen) atoms. The van der Waals surface area contributed by atoms with Gasteiger partial charge in [0.2, 0.25) is 0 Å². The van der Waals surface area contributed by atoms with Gasteiger partial charge in [-0.2, -0.15) is 18.3 Å². The number of thioether (sulfide) groups is 1. The van der Waals surface area contributed by atoms with Crippen LogP contribution in [0.5, 0.6) is 0 Å². The number of anilines is 1. The molecule has 0 bridgehead atoms. The molecule has 0 aliphatic heterocycles. The second kappa shape index (κ2) is 5.58. The summed E-state index contributed by atoms with van der Waals surface area (Å²) in [5.74, 6) is -0.506. The molecule has 0 fully saturated rings. The fraction of sp³-hybridized carbons (Fsp3) is 0.167. The molecular weight excluding hydrogens is 291 g/mol. The molecule has 0 aliphatic rings. The van der Waals surface area contributed by atoms with Crippen molar-refractivity contribution in [3.05, 3.63) is 42.2 Å². The van der Waals surface area contributed by atoms with Gasteiger partial charge in [0, 0.05) is 18.1 Å². The van der Waals surface area contributed by atoms with E-state index in [1.54, 1.807) is 13.1 Å². The molecule has 0 saturated carbocycles. The fourth-order valence-corrected chi connectivity index (χ4v) is 2.14. The minimum Gasteiger partial charge on any atom is -0.321 e. The first-order valence-corrected chi connectivity index (χ1v) is 6.31. The summed E-state index contributed by atoms with van der Waals surface area (Å²) in [4.78, 5) is 11.8. The predicted octanol–water partition coefficient (Wildman–Crippen LogP) is 3.28. The maximum absolute atomic E-state index is 12.4. The number of hydrogen-bond acceptors (Lipinski definition) is 3. The molecule has 1 amide bonds. The number of rotatable bonds is 3. The van der Waals surface area contributed by atoms with Gasteiger partial charge in [0.05, 0.1) is 17.4 Å². The fourth-order valence-electron chi connectivity index (χ4n) is 1.52. The molecule has 8 heteroatoms. The number of aryl methyl sites for hydroxylation is 1. The number of carbonyl (C=O) groups excluding carboxylic acids is 1. The summed E-state index contributed by atoms with van der Waals surface area (Å²) >= 11 is -0.266. The maximum atomic E-state index is 12.4. The summed E-state index contributed by atoms with van der Waals surface area (Å²) in [7, 11) is 1.64. The second-order valence-corrected chi connectivity index (χ2v) is 5.01. The molecule has 0 unspecified atom stereocenters. The number of alkyl halides is 3. The number of benzene rings is 1. The van der Waals surface area contributed by atoms with Crippen LogP contribution in [0.25, 0.3) is 0 Å². The van der Waals surface area contributed by atoms with E-state index in [1.807, 2.05) is 0 Å². The van der Waals surface area contributed by atoms with Gasteiger partial charge in [0.25, 0.3) is 5.91 Å². The number of amides is 1. The van der Waals surface area contributed by atoms with E-state index in [2.05, 4.69) is 10.4 Å². The predicted molar refractivity (Wildman–Crippen MR) is 69.5 cm³/mol. The third-order valence-corrected chi connectivity index (χ3v) is 3.14. The van der Waals surface area contributed by atoms with Gasteiger partial charge in [-0.15, -0.1) is 0 Å². The minimum atomic E-state index is -4.41. The van der Waals surface area contributed by atoms with Crippen molar-refractivity contribution in [1.82, 2.24) is 9.78 Å². The van der Waals surface area contributed by atoms with Crippen molar-refractivity contribution >= 4 is 23.4 Å². The van der Waals surface area contributed by atoms with Crippen LogP contribution in [0.15, 0.2) is 41.6 Å². The Kier molecular flexibility index (Phi) is 4.03. The third kappa shape index (κ3) is 3.77. The van der Waals surface area contributed by atoms with Crippen LogP contribution in [-0.2, 0) is 7.05 Å². The molecule has 2 aromatic rings. The van der Waals surface area contributed by atoms with Gasteiger partial charge in [-0.25, -0.2) is 0 Å². The average Bonchev–Trinajstić information content (AvgIpc) is 2.77. The first-order valence-electron chi connectivity index (χ1n) is 5.50. The molecular formula is C12H10F3N3OS. The normalized spacial score (nSPS) is 11.4. The van der Waals surface area contributed by atoms with Crippen LogP contribution in [0.1, 0.15) is 10.4 Å². The van der Waals surface area contributed by atoms with Crippen LogP contribution < -0.4 is 5.32 Å². The lowest BCUT2D eigenvalue weighted by Gasteiger charge is -2.11. The van der Waals surface area contributed by atoms with Gasteiger partial charge in [-0.1, -0.05) is 12.1 Å². The third-order valence-electron chi connectivity index (χ3n) is 2.33. The highest BCUT2D eigenvalue weighted by Gasteiger charge is 2.30. The van der Waals surface area contributed by atoms with Crippen LogP contribution in [0.4, 0.5) is 18.9 Å². The van der Waals surface area contributed by atoms with Crippen LogP contribution >= 0.6 is 11.8 Å². The summed E-state index contributed by atoms with van der Waals surface area (Å²) < 4.78 is 38.7. The summed E-state index contributed by atoms with van der Waals surface area (Å²) in [5.41, 5.74) is -4.02. The maximum Gasteiger partial charge on any atom is 0.446 e. The Bertz CT molecular complexity index is 624. The molecule has 0 atom stereocenters. The van der Waals surface area contributed by atoms with Gasteiger partial charge < -0.3 is 5.32 Å². The summed E-state index contributed by atoms with van der Waals surface area (Å²) in [6, 6.07) is 5.76. The first kappa shape index (κ1) is 14.4. The number of aromatic nitrogens is 2. The molecule has 0 aliphatic carbocycles. The van der Waals surface area contributed by atoms with E-state index in [1.165, 1.54) is 35.3 Å². The van der Waals surface area contributed by atoms with E-state index in [-0.39, 0.29) is 27.9 Å². The molecule has 2 rings (SSSR count). The lowest BCUT2D eigenvalue weighted by molar-refractivity contribution is -0.0328. The zero-order valence-electron chi connectivity index (χ0n) is 10.3. The van der Waals surface area contributed by atoms with Gasteiger partial charge in [-0.05, 0) is 23.9 Å². The largest absolute Gasteiger partial charge is 0.446 e. The van der Waals surface area contributed by atoms with Gasteiger partial charge in [0.15, 0.2) is 0 Å². The smallest absolute Gasteiger partial charge is 0.321 e. The lowest BCUT2D eigenvalue weighted by Crippen LogP contribution is -2.12. The monoisotopic (exact) mass is 301 g/mol. The van der Waals surface area contributed by atoms with Crippen molar-refractivity contribution in [3.8, 4) is 0 Å². The lowest BCUT2D eigenvalue weighted by atomic mass is 10.3. The molecule has 1 aromatic carbocycles. The Morgan fingerprint density at radius 3 is 2.65 bits per heavy atom. The van der Waals surface area contributed by atoms with Gasteiger partial charge >= 0.3 is 5.51 Å². The number of halogens is 3. The molecule has 0 saturated heterocycles. The van der Waals surface area contributed by atoms with Crippen LogP contribution in [0.3, 0.4) is 0 Å². The van der Waals surface area contributed by atoms with E-state index in [4.69, 9.17) is 0 Å². The van der Waals surface area contributed by atoms with Crippen LogP contribution in [0.2, 0.25) is 0 Å². The number of hydrogen-bond donors (Lipinski definition) is 1. The van der Waals surface area contributed by atoms with E-state index in [9.17, 15) is 18.0 Å². The molecule has 1 heterocycles. The Hall–Kier alpha value is -1.96. The van der Waals surface area contributed by atoms with Crippen molar-refractivity contribution in [2.45, 2.75) is 10.4 Å². The zero-order chi connectivity index (χ0) is 14.8. The molecule has 0 radical (unpaired) electrons. The summed E-state index contributed by atoms with van der Waals surface area (Å²) in [6.07, 6.45) is 2.82. The second-order valence-electron chi connectivity index (χ2n) is 3.90. The summed E-state index contributed by atoms with van der Waals surface area (Å²) in [6.45, 7) is 0. The van der Waals surface area contributed by atoms with Gasteiger partial charge in [-0.3, -0.25) is 9.48 Å². The van der Waals surface area contributed by atoms with E-state index >= 15 is 0 Å². The van der Waals surface area contributed by atoms with Crippen molar-refractivity contribution in [2.24, 2.45) is 7.05 Å². The molecule has 1 N–H and O–H groups in total. The standard InChI is InChI=1S/C12H10F3N3OS/c1-18-7-8(6-16-18)11(19)17-9-4-2-3-5-10(9)20-12(13,14)15/h2-7H,1H3,(H,17,19). The van der Waals surface area contributed by atoms with E-state index < -0.39 is 11.4 Å². The topological polar surface area (TPSA) is 46.9 Å². The summed E-state index contributed by atoms with van der Waals surface area (Å²) in [5, 5.41) is 6.28. The Balaban J connectivity index is 2.19. The molecule has 106 valence electrons. The number of nitrogens with zero attached hydrogens (tertiary/aromatic N) is 2. The van der Waals surface area contributed by atoms with E-state index in [0.717, 1.165) is 0 Å². The van der Waals surface area contributed by atoms with Crippen LogP contribution in [-0.4, -0.2) is 21.2 Å². The highest BCUT2D eigenvalue weighted by atomic mass is 32.2. The van der Waals surface area contributed by atoms with Crippen molar-refractivity contribution in [3.63, 3.8) is 0 Å². The molecule has 1 aromatic heterocycles. The average molecular weight is 301 g/mol. The van der Waals surface area contributed by atoms with Crippen molar-refractivity contribution in [2.75, 3.05) is 5.32 Å². The SMILES string of the molecule is Cn1cc(C(=O)Nc2ccccc2SC(F)(F)F)cn1. The molecule has 4 nitrogen and oxygen atoms in total. The number of carbonyl (C=O) groups is 1. The van der Waals surface area contributed by atoms with E-state index in [0.29, 0.717) is 0 Å². The first-order chi connectivity index (χ1) is 9.35. The number of nitrogens with one attached hydrogen (secondary N) is 1.